The molecule has 0 aliphatic heterocycles. The summed E-state index contributed by atoms with van der Waals surface area (Å²) in [5.41, 5.74) is 2.67. The fraction of sp³-hybridized carbons (Fsp3) is 0.333. The van der Waals surface area contributed by atoms with Crippen molar-refractivity contribution in [2.75, 3.05) is 5.75 Å². The van der Waals surface area contributed by atoms with Crippen molar-refractivity contribution >= 4 is 10.9 Å². The van der Waals surface area contributed by atoms with Gasteiger partial charge in [0, 0.05) is 0 Å². The first kappa shape index (κ1) is 17.3. The molecule has 0 spiro atoms. The third-order valence-corrected chi connectivity index (χ3v) is 5.79. The Morgan fingerprint density at radius 3 is 1.40 bits per heavy atom. The van der Waals surface area contributed by atoms with Crippen molar-refractivity contribution in [2.24, 2.45) is 5.92 Å². The second kappa shape index (κ2) is 7.90. The number of aryl methyl sites for hydroxylation is 2. The third-order valence-electron chi connectivity index (χ3n) is 3.11. The summed E-state index contributed by atoms with van der Waals surface area (Å²) in [6.07, 6.45) is 0. The lowest BCUT2D eigenvalue weighted by Crippen LogP contribution is -3.00. The van der Waals surface area contributed by atoms with E-state index in [4.69, 9.17) is 0 Å². The highest BCUT2D eigenvalue weighted by Gasteiger charge is 2.26. The quantitative estimate of drug-likeness (QED) is 0.740. The van der Waals surface area contributed by atoms with Crippen LogP contribution in [0.15, 0.2) is 58.3 Å². The Bertz CT molecular complexity index is 469. The molecule has 20 heavy (non-hydrogen) atoms. The average molecular weight is 351 g/mol. The second-order valence-corrected chi connectivity index (χ2v) is 7.63. The zero-order valence-corrected chi connectivity index (χ0v) is 15.1. The lowest BCUT2D eigenvalue weighted by atomic mass is 10.2. The number of halogens is 1. The van der Waals surface area contributed by atoms with Crippen LogP contribution < -0.4 is 17.0 Å². The Balaban J connectivity index is 0.00000200. The standard InChI is InChI=1S/C18H23S.BrH/c1-14(2)13-19(17-9-5-15(3)6-10-17)18-11-7-16(4)8-12-18;/h5-12,14H,13H2,1-4H3;1H/q+1;/p-1. The first-order valence-corrected chi connectivity index (χ1v) is 8.30. The van der Waals surface area contributed by atoms with Crippen LogP contribution in [0.5, 0.6) is 0 Å². The minimum atomic E-state index is 0. The van der Waals surface area contributed by atoms with Crippen molar-refractivity contribution in [1.82, 2.24) is 0 Å². The molecule has 0 atom stereocenters. The Morgan fingerprint density at radius 1 is 0.750 bits per heavy atom. The summed E-state index contributed by atoms with van der Waals surface area (Å²) in [5, 5.41) is 0. The van der Waals surface area contributed by atoms with Gasteiger partial charge in [0.2, 0.25) is 0 Å². The average Bonchev–Trinajstić information content (AvgIpc) is 2.38. The molecule has 0 amide bonds. The van der Waals surface area contributed by atoms with Crippen LogP contribution in [-0.2, 0) is 10.9 Å². The molecule has 0 radical (unpaired) electrons. The summed E-state index contributed by atoms with van der Waals surface area (Å²) in [5.74, 6) is 1.94. The molecule has 0 saturated heterocycles. The van der Waals surface area contributed by atoms with Crippen molar-refractivity contribution in [3.63, 3.8) is 0 Å². The Hall–Kier alpha value is -0.730. The molecule has 0 aliphatic carbocycles. The lowest BCUT2D eigenvalue weighted by molar-refractivity contribution is -0.00000425. The molecular weight excluding hydrogens is 328 g/mol. The van der Waals surface area contributed by atoms with Gasteiger partial charge in [-0.15, -0.1) is 0 Å². The number of hydrogen-bond donors (Lipinski definition) is 0. The van der Waals surface area contributed by atoms with E-state index in [9.17, 15) is 0 Å². The van der Waals surface area contributed by atoms with Crippen LogP contribution in [0.25, 0.3) is 0 Å². The molecule has 0 saturated carbocycles. The zero-order chi connectivity index (χ0) is 13.8. The van der Waals surface area contributed by atoms with E-state index in [1.54, 1.807) is 0 Å². The molecule has 108 valence electrons. The Morgan fingerprint density at radius 2 is 1.10 bits per heavy atom. The predicted molar refractivity (Wildman–Crippen MR) is 86.0 cm³/mol. The van der Waals surface area contributed by atoms with Gasteiger partial charge in [0.25, 0.3) is 0 Å². The lowest BCUT2D eigenvalue weighted by Gasteiger charge is -2.11. The highest BCUT2D eigenvalue weighted by atomic mass is 79.9. The number of rotatable bonds is 4. The van der Waals surface area contributed by atoms with Crippen molar-refractivity contribution in [1.29, 1.82) is 0 Å². The fourth-order valence-corrected chi connectivity index (χ4v) is 4.32. The maximum Gasteiger partial charge on any atom is 0.160 e. The molecule has 2 aromatic rings. The molecule has 2 aromatic carbocycles. The van der Waals surface area contributed by atoms with E-state index in [1.165, 1.54) is 26.7 Å². The minimum Gasteiger partial charge on any atom is -1.00 e. The van der Waals surface area contributed by atoms with Gasteiger partial charge in [-0.1, -0.05) is 49.2 Å². The molecule has 0 heterocycles. The zero-order valence-electron chi connectivity index (χ0n) is 12.7. The molecule has 0 aliphatic rings. The SMILES string of the molecule is Cc1ccc([S+](CC(C)C)c2ccc(C)cc2)cc1.[Br-]. The van der Waals surface area contributed by atoms with Crippen LogP contribution >= 0.6 is 0 Å². The van der Waals surface area contributed by atoms with Crippen molar-refractivity contribution in [2.45, 2.75) is 37.5 Å². The maximum atomic E-state index is 2.31. The Labute approximate surface area is 136 Å². The van der Waals surface area contributed by atoms with Crippen LogP contribution in [0.3, 0.4) is 0 Å². The topological polar surface area (TPSA) is 0 Å². The summed E-state index contributed by atoms with van der Waals surface area (Å²) >= 11 is 0. The van der Waals surface area contributed by atoms with Gasteiger partial charge in [-0.2, -0.15) is 0 Å². The van der Waals surface area contributed by atoms with Crippen LogP contribution in [0, 0.1) is 19.8 Å². The molecular formula is C18H23BrS. The monoisotopic (exact) mass is 350 g/mol. The summed E-state index contributed by atoms with van der Waals surface area (Å²) in [4.78, 5) is 2.92. The van der Waals surface area contributed by atoms with E-state index < -0.39 is 0 Å². The van der Waals surface area contributed by atoms with Gasteiger partial charge in [0.15, 0.2) is 9.79 Å². The van der Waals surface area contributed by atoms with Crippen molar-refractivity contribution in [3.05, 3.63) is 59.7 Å². The fourth-order valence-electron chi connectivity index (χ4n) is 2.07. The van der Waals surface area contributed by atoms with Crippen LogP contribution in [-0.4, -0.2) is 5.75 Å². The van der Waals surface area contributed by atoms with E-state index in [0.29, 0.717) is 5.92 Å². The predicted octanol–water partition coefficient (Wildman–Crippen LogP) is 2.00. The second-order valence-electron chi connectivity index (χ2n) is 5.58. The van der Waals surface area contributed by atoms with Crippen LogP contribution in [0.2, 0.25) is 0 Å². The van der Waals surface area contributed by atoms with Gasteiger partial charge in [-0.05, 0) is 44.0 Å². The maximum absolute atomic E-state index is 2.31. The van der Waals surface area contributed by atoms with E-state index >= 15 is 0 Å². The van der Waals surface area contributed by atoms with E-state index in [-0.39, 0.29) is 27.9 Å². The van der Waals surface area contributed by atoms with Crippen LogP contribution in [0.4, 0.5) is 0 Å². The molecule has 0 N–H and O–H groups in total. The van der Waals surface area contributed by atoms with E-state index in [0.717, 1.165) is 0 Å². The largest absolute Gasteiger partial charge is 1.00 e. The third kappa shape index (κ3) is 4.68. The van der Waals surface area contributed by atoms with Gasteiger partial charge in [-0.3, -0.25) is 0 Å². The Kier molecular flexibility index (Phi) is 6.84. The minimum absolute atomic E-state index is 0. The first-order chi connectivity index (χ1) is 9.06. The van der Waals surface area contributed by atoms with Gasteiger partial charge in [0.1, 0.15) is 5.75 Å². The molecule has 2 rings (SSSR count). The number of benzene rings is 2. The highest BCUT2D eigenvalue weighted by molar-refractivity contribution is 7.97. The van der Waals surface area contributed by atoms with Gasteiger partial charge >= 0.3 is 0 Å². The number of hydrogen-bond acceptors (Lipinski definition) is 0. The van der Waals surface area contributed by atoms with E-state index in [2.05, 4.69) is 76.2 Å². The summed E-state index contributed by atoms with van der Waals surface area (Å²) < 4.78 is 0. The summed E-state index contributed by atoms with van der Waals surface area (Å²) in [6.45, 7) is 8.91. The van der Waals surface area contributed by atoms with Crippen molar-refractivity contribution in [3.8, 4) is 0 Å². The van der Waals surface area contributed by atoms with Gasteiger partial charge in [-0.25, -0.2) is 0 Å². The molecule has 0 unspecified atom stereocenters. The summed E-state index contributed by atoms with van der Waals surface area (Å²) in [6, 6.07) is 18.1. The molecule has 0 bridgehead atoms. The normalized spacial score (nSPS) is 10.7. The first-order valence-electron chi connectivity index (χ1n) is 6.90. The van der Waals surface area contributed by atoms with Gasteiger partial charge < -0.3 is 17.0 Å². The molecule has 2 heteroatoms. The highest BCUT2D eigenvalue weighted by Crippen LogP contribution is 2.26. The van der Waals surface area contributed by atoms with Crippen LogP contribution in [0.1, 0.15) is 25.0 Å². The smallest absolute Gasteiger partial charge is 0.160 e. The molecule has 0 aromatic heterocycles. The van der Waals surface area contributed by atoms with Gasteiger partial charge in [0.05, 0.1) is 10.9 Å². The van der Waals surface area contributed by atoms with E-state index in [1.807, 2.05) is 0 Å². The van der Waals surface area contributed by atoms with Crippen molar-refractivity contribution < 1.29 is 17.0 Å². The molecule has 0 nitrogen and oxygen atoms in total. The summed E-state index contributed by atoms with van der Waals surface area (Å²) in [7, 11) is 0.202. The molecule has 0 fully saturated rings.